The number of rotatable bonds is 5. The third-order valence-corrected chi connectivity index (χ3v) is 5.43. The molecule has 0 bridgehead atoms. The van der Waals surface area contributed by atoms with Crippen LogP contribution in [-0.4, -0.2) is 23.3 Å². The number of aromatic nitrogens is 1. The molecule has 0 spiro atoms. The van der Waals surface area contributed by atoms with Gasteiger partial charge in [0.05, 0.1) is 5.69 Å². The number of anilines is 1. The molecular formula is C20H17ClFN3O2S. The van der Waals surface area contributed by atoms with Gasteiger partial charge in [0.15, 0.2) is 0 Å². The van der Waals surface area contributed by atoms with E-state index < -0.39 is 11.8 Å². The summed E-state index contributed by atoms with van der Waals surface area (Å²) < 4.78 is 13.4. The predicted molar refractivity (Wildman–Crippen MR) is 109 cm³/mol. The molecule has 0 atom stereocenters. The fraction of sp³-hybridized carbons (Fsp3) is 0.150. The summed E-state index contributed by atoms with van der Waals surface area (Å²) in [5, 5.41) is 6.36. The van der Waals surface area contributed by atoms with Crippen molar-refractivity contribution in [2.45, 2.75) is 13.3 Å². The molecule has 1 aromatic heterocycles. The smallest absolute Gasteiger partial charge is 0.313 e. The van der Waals surface area contributed by atoms with Crippen molar-refractivity contribution in [3.8, 4) is 10.6 Å². The molecule has 3 rings (SSSR count). The summed E-state index contributed by atoms with van der Waals surface area (Å²) in [5.41, 5.74) is 2.03. The van der Waals surface area contributed by atoms with Crippen LogP contribution in [0.15, 0.2) is 48.5 Å². The fourth-order valence-corrected chi connectivity index (χ4v) is 3.68. The average Bonchev–Trinajstić information content (AvgIpc) is 3.04. The number of hydrogen-bond donors (Lipinski definition) is 2. The second-order valence-electron chi connectivity index (χ2n) is 6.00. The molecule has 144 valence electrons. The minimum Gasteiger partial charge on any atom is -0.347 e. The van der Waals surface area contributed by atoms with E-state index in [9.17, 15) is 14.0 Å². The quantitative estimate of drug-likeness (QED) is 0.611. The number of halogens is 2. The van der Waals surface area contributed by atoms with E-state index in [1.54, 1.807) is 36.4 Å². The Morgan fingerprint density at radius 3 is 2.61 bits per heavy atom. The Labute approximate surface area is 170 Å². The van der Waals surface area contributed by atoms with Crippen LogP contribution in [0.4, 0.5) is 10.1 Å². The summed E-state index contributed by atoms with van der Waals surface area (Å²) in [7, 11) is 0. The molecule has 5 nitrogen and oxygen atoms in total. The van der Waals surface area contributed by atoms with Crippen LogP contribution in [0.3, 0.4) is 0 Å². The SMILES string of the molecule is Cc1nc(-c2cccc(F)c2)sc1CCNC(=O)C(=O)Nc1ccc(Cl)cc1. The number of thiazole rings is 1. The number of carbonyl (C=O) groups is 2. The highest BCUT2D eigenvalue weighted by atomic mass is 35.5. The molecule has 0 saturated carbocycles. The number of nitrogens with one attached hydrogen (secondary N) is 2. The van der Waals surface area contributed by atoms with Gasteiger partial charge in [-0.3, -0.25) is 9.59 Å². The van der Waals surface area contributed by atoms with Crippen molar-refractivity contribution < 1.29 is 14.0 Å². The van der Waals surface area contributed by atoms with E-state index in [1.165, 1.54) is 23.5 Å². The topological polar surface area (TPSA) is 71.1 Å². The zero-order valence-corrected chi connectivity index (χ0v) is 16.5. The maximum absolute atomic E-state index is 13.4. The highest BCUT2D eigenvalue weighted by molar-refractivity contribution is 7.15. The zero-order chi connectivity index (χ0) is 20.1. The normalized spacial score (nSPS) is 10.5. The molecule has 2 amide bonds. The van der Waals surface area contributed by atoms with Crippen molar-refractivity contribution in [1.82, 2.24) is 10.3 Å². The van der Waals surface area contributed by atoms with E-state index in [4.69, 9.17) is 11.6 Å². The second kappa shape index (κ2) is 8.95. The van der Waals surface area contributed by atoms with Gasteiger partial charge in [0.2, 0.25) is 0 Å². The van der Waals surface area contributed by atoms with Crippen molar-refractivity contribution in [1.29, 1.82) is 0 Å². The number of aryl methyl sites for hydroxylation is 1. The molecule has 1 heterocycles. The fourth-order valence-electron chi connectivity index (χ4n) is 2.50. The lowest BCUT2D eigenvalue weighted by atomic mass is 10.2. The van der Waals surface area contributed by atoms with Gasteiger partial charge in [-0.1, -0.05) is 23.7 Å². The van der Waals surface area contributed by atoms with Gasteiger partial charge in [0.1, 0.15) is 10.8 Å². The largest absolute Gasteiger partial charge is 0.347 e. The maximum Gasteiger partial charge on any atom is 0.313 e. The number of hydrogen-bond acceptors (Lipinski definition) is 4. The molecule has 0 aliphatic heterocycles. The molecule has 3 aromatic rings. The predicted octanol–water partition coefficient (Wildman–Crippen LogP) is 4.21. The van der Waals surface area contributed by atoms with Gasteiger partial charge in [0.25, 0.3) is 0 Å². The van der Waals surface area contributed by atoms with Gasteiger partial charge >= 0.3 is 11.8 Å². The molecule has 0 aliphatic carbocycles. The maximum atomic E-state index is 13.4. The Morgan fingerprint density at radius 2 is 1.89 bits per heavy atom. The first-order valence-electron chi connectivity index (χ1n) is 8.49. The summed E-state index contributed by atoms with van der Waals surface area (Å²) in [4.78, 5) is 29.3. The Balaban J connectivity index is 1.54. The van der Waals surface area contributed by atoms with E-state index in [2.05, 4.69) is 15.6 Å². The molecule has 0 saturated heterocycles. The summed E-state index contributed by atoms with van der Waals surface area (Å²) in [6, 6.07) is 12.7. The lowest BCUT2D eigenvalue weighted by molar-refractivity contribution is -0.136. The van der Waals surface area contributed by atoms with Crippen molar-refractivity contribution in [2.75, 3.05) is 11.9 Å². The Kier molecular flexibility index (Phi) is 6.38. The monoisotopic (exact) mass is 417 g/mol. The highest BCUT2D eigenvalue weighted by Crippen LogP contribution is 2.28. The van der Waals surface area contributed by atoms with E-state index in [0.29, 0.717) is 29.2 Å². The molecule has 2 aromatic carbocycles. The second-order valence-corrected chi connectivity index (χ2v) is 7.52. The van der Waals surface area contributed by atoms with E-state index >= 15 is 0 Å². The summed E-state index contributed by atoms with van der Waals surface area (Å²) in [6.07, 6.45) is 0.527. The Hall–Kier alpha value is -2.77. The minimum atomic E-state index is -0.746. The molecule has 0 fully saturated rings. The van der Waals surface area contributed by atoms with E-state index in [-0.39, 0.29) is 5.82 Å². The summed E-state index contributed by atoms with van der Waals surface area (Å²) in [5.74, 6) is -1.78. The van der Waals surface area contributed by atoms with Crippen LogP contribution in [-0.2, 0) is 16.0 Å². The van der Waals surface area contributed by atoms with Crippen molar-refractivity contribution in [3.63, 3.8) is 0 Å². The molecule has 0 unspecified atom stereocenters. The average molecular weight is 418 g/mol. The van der Waals surface area contributed by atoms with Gasteiger partial charge in [-0.2, -0.15) is 0 Å². The molecule has 8 heteroatoms. The number of carbonyl (C=O) groups excluding carboxylic acids is 2. The van der Waals surface area contributed by atoms with Crippen LogP contribution in [0, 0.1) is 12.7 Å². The lowest BCUT2D eigenvalue weighted by Gasteiger charge is -2.06. The van der Waals surface area contributed by atoms with Crippen LogP contribution in [0.25, 0.3) is 10.6 Å². The standard InChI is InChI=1S/C20H17ClFN3O2S/c1-12-17(28-20(24-12)13-3-2-4-15(22)11-13)9-10-23-18(26)19(27)25-16-7-5-14(21)6-8-16/h2-8,11H,9-10H2,1H3,(H,23,26)(H,25,27). The first-order valence-corrected chi connectivity index (χ1v) is 9.69. The number of nitrogens with zero attached hydrogens (tertiary/aromatic N) is 1. The molecule has 0 radical (unpaired) electrons. The highest BCUT2D eigenvalue weighted by Gasteiger charge is 2.15. The van der Waals surface area contributed by atoms with Crippen LogP contribution >= 0.6 is 22.9 Å². The van der Waals surface area contributed by atoms with E-state index in [1.807, 2.05) is 6.92 Å². The number of amides is 2. The Morgan fingerprint density at radius 1 is 1.14 bits per heavy atom. The minimum absolute atomic E-state index is 0.290. The summed E-state index contributed by atoms with van der Waals surface area (Å²) in [6.45, 7) is 2.15. The molecule has 0 aliphatic rings. The van der Waals surface area contributed by atoms with Gasteiger partial charge < -0.3 is 10.6 Å². The third-order valence-electron chi connectivity index (χ3n) is 3.91. The lowest BCUT2D eigenvalue weighted by Crippen LogP contribution is -2.36. The van der Waals surface area contributed by atoms with Gasteiger partial charge in [-0.25, -0.2) is 9.37 Å². The molecule has 2 N–H and O–H groups in total. The first kappa shape index (κ1) is 20.0. The van der Waals surface area contributed by atoms with Gasteiger partial charge in [0, 0.05) is 34.1 Å². The first-order chi connectivity index (χ1) is 13.4. The Bertz CT molecular complexity index is 1000. The van der Waals surface area contributed by atoms with E-state index in [0.717, 1.165) is 15.6 Å². The van der Waals surface area contributed by atoms with Crippen LogP contribution in [0.2, 0.25) is 5.02 Å². The third kappa shape index (κ3) is 5.15. The van der Waals surface area contributed by atoms with Gasteiger partial charge in [-0.05, 0) is 43.3 Å². The zero-order valence-electron chi connectivity index (χ0n) is 15.0. The van der Waals surface area contributed by atoms with Crippen LogP contribution in [0.1, 0.15) is 10.6 Å². The number of benzene rings is 2. The molecule has 28 heavy (non-hydrogen) atoms. The van der Waals surface area contributed by atoms with Crippen molar-refractivity contribution >= 4 is 40.4 Å². The van der Waals surface area contributed by atoms with Crippen LogP contribution in [0.5, 0.6) is 0 Å². The molecular weight excluding hydrogens is 401 g/mol. The summed E-state index contributed by atoms with van der Waals surface area (Å²) >= 11 is 7.23. The van der Waals surface area contributed by atoms with Crippen LogP contribution < -0.4 is 10.6 Å². The van der Waals surface area contributed by atoms with Gasteiger partial charge in [-0.15, -0.1) is 11.3 Å². The van der Waals surface area contributed by atoms with Crippen molar-refractivity contribution in [2.24, 2.45) is 0 Å². The van der Waals surface area contributed by atoms with Crippen molar-refractivity contribution in [3.05, 3.63) is 69.9 Å².